The van der Waals surface area contributed by atoms with Crippen molar-refractivity contribution in [2.75, 3.05) is 13.2 Å². The van der Waals surface area contributed by atoms with Gasteiger partial charge in [-0.2, -0.15) is 0 Å². The zero-order valence-corrected chi connectivity index (χ0v) is 13.7. The van der Waals surface area contributed by atoms with Gasteiger partial charge in [-0.15, -0.1) is 0 Å². The average Bonchev–Trinajstić information content (AvgIpc) is 3.06. The van der Waals surface area contributed by atoms with Crippen LogP contribution in [0.3, 0.4) is 0 Å². The van der Waals surface area contributed by atoms with E-state index in [9.17, 15) is 35.4 Å². The Hall–Kier alpha value is -1.53. The zero-order chi connectivity index (χ0) is 19.0. The summed E-state index contributed by atoms with van der Waals surface area (Å²) in [6, 6.07) is 0. The number of carboxylic acid groups (broad SMARTS) is 1. The molecule has 3 aliphatic rings. The Morgan fingerprint density at radius 2 is 1.88 bits per heavy atom. The predicted molar refractivity (Wildman–Crippen MR) is 82.2 cm³/mol. The van der Waals surface area contributed by atoms with Gasteiger partial charge in [0.2, 0.25) is 6.29 Å². The lowest BCUT2D eigenvalue weighted by Crippen LogP contribution is -2.60. The highest BCUT2D eigenvalue weighted by molar-refractivity contribution is 5.87. The lowest BCUT2D eigenvalue weighted by Gasteiger charge is -2.42. The molecule has 10 nitrogen and oxygen atoms in total. The minimum atomic E-state index is -1.61. The van der Waals surface area contributed by atoms with Gasteiger partial charge in [-0.1, -0.05) is 6.08 Å². The third-order valence-electron chi connectivity index (χ3n) is 5.06. The van der Waals surface area contributed by atoms with Crippen molar-refractivity contribution >= 4 is 5.97 Å². The number of rotatable bonds is 5. The van der Waals surface area contributed by atoms with E-state index in [1.54, 1.807) is 6.08 Å². The summed E-state index contributed by atoms with van der Waals surface area (Å²) in [6.07, 6.45) is -5.21. The van der Waals surface area contributed by atoms with E-state index >= 15 is 0 Å². The van der Waals surface area contributed by atoms with Gasteiger partial charge in [0.1, 0.15) is 24.4 Å². The number of aliphatic hydroxyl groups excluding tert-OH is 5. The van der Waals surface area contributed by atoms with Crippen LogP contribution in [0.25, 0.3) is 0 Å². The third-order valence-corrected chi connectivity index (χ3v) is 5.06. The molecular weight excluding hydrogens is 352 g/mol. The maximum atomic E-state index is 11.4. The van der Waals surface area contributed by atoms with Crippen molar-refractivity contribution in [3.8, 4) is 0 Å². The lowest BCUT2D eigenvalue weighted by atomic mass is 9.83. The first kappa shape index (κ1) is 19.2. The third kappa shape index (κ3) is 3.25. The Labute approximate surface area is 148 Å². The van der Waals surface area contributed by atoms with Crippen LogP contribution in [0, 0.1) is 11.8 Å². The lowest BCUT2D eigenvalue weighted by molar-refractivity contribution is -0.339. The topological polar surface area (TPSA) is 166 Å². The highest BCUT2D eigenvalue weighted by atomic mass is 16.8. The van der Waals surface area contributed by atoms with Gasteiger partial charge in [-0.25, -0.2) is 4.79 Å². The maximum Gasteiger partial charge on any atom is 0.335 e. The van der Waals surface area contributed by atoms with Gasteiger partial charge in [0.15, 0.2) is 6.29 Å². The van der Waals surface area contributed by atoms with E-state index < -0.39 is 61.4 Å². The minimum Gasteiger partial charge on any atom is -0.478 e. The summed E-state index contributed by atoms with van der Waals surface area (Å²) in [5.41, 5.74) is 0.583. The van der Waals surface area contributed by atoms with Crippen molar-refractivity contribution in [3.05, 3.63) is 23.5 Å². The highest BCUT2D eigenvalue weighted by Crippen LogP contribution is 2.44. The number of hydrogen-bond acceptors (Lipinski definition) is 9. The van der Waals surface area contributed by atoms with E-state index in [0.717, 1.165) is 6.26 Å². The van der Waals surface area contributed by atoms with Gasteiger partial charge < -0.3 is 44.8 Å². The number of allylic oxidation sites excluding steroid dienone is 1. The molecule has 0 spiro atoms. The first-order chi connectivity index (χ1) is 12.4. The molecule has 0 aromatic heterocycles. The molecule has 3 rings (SSSR count). The van der Waals surface area contributed by atoms with E-state index in [1.807, 2.05) is 0 Å². The molecule has 2 heterocycles. The first-order valence-electron chi connectivity index (χ1n) is 8.23. The molecule has 10 heteroatoms. The normalized spacial score (nSPS) is 42.5. The van der Waals surface area contributed by atoms with E-state index in [4.69, 9.17) is 14.2 Å². The first-order valence-corrected chi connectivity index (χ1v) is 8.23. The van der Waals surface area contributed by atoms with Crippen molar-refractivity contribution in [3.63, 3.8) is 0 Å². The fourth-order valence-corrected chi connectivity index (χ4v) is 3.62. The van der Waals surface area contributed by atoms with E-state index in [2.05, 4.69) is 0 Å². The van der Waals surface area contributed by atoms with Crippen LogP contribution in [-0.2, 0) is 19.0 Å². The van der Waals surface area contributed by atoms with Crippen molar-refractivity contribution in [2.24, 2.45) is 11.8 Å². The number of aliphatic carboxylic acids is 1. The Morgan fingerprint density at radius 3 is 2.50 bits per heavy atom. The summed E-state index contributed by atoms with van der Waals surface area (Å²) in [4.78, 5) is 11.4. The molecule has 0 bridgehead atoms. The standard InChI is InChI=1S/C16H22O10/c17-3-6-1-2-7-8(14(22)23)5-24-15(10(6)7)26-16-13(21)12(20)11(19)9(4-18)25-16/h1,5,7,9-13,15-21H,2-4H2,(H,22,23)/t7-,9+,10+,11+,12-,13+,15+,16-/m0/s1. The second kappa shape index (κ2) is 7.61. The van der Waals surface area contributed by atoms with Gasteiger partial charge in [0.25, 0.3) is 0 Å². The van der Waals surface area contributed by atoms with Crippen LogP contribution >= 0.6 is 0 Å². The van der Waals surface area contributed by atoms with Gasteiger partial charge >= 0.3 is 5.97 Å². The molecule has 8 atom stereocenters. The molecule has 1 aliphatic carbocycles. The molecule has 26 heavy (non-hydrogen) atoms. The largest absolute Gasteiger partial charge is 0.478 e. The molecule has 0 aromatic rings. The van der Waals surface area contributed by atoms with Gasteiger partial charge in [0.05, 0.1) is 31.0 Å². The molecule has 146 valence electrons. The smallest absolute Gasteiger partial charge is 0.335 e. The Kier molecular flexibility index (Phi) is 5.63. The quantitative estimate of drug-likeness (QED) is 0.288. The van der Waals surface area contributed by atoms with E-state index in [1.165, 1.54) is 0 Å². The van der Waals surface area contributed by atoms with Gasteiger partial charge in [0, 0.05) is 5.92 Å². The zero-order valence-electron chi connectivity index (χ0n) is 13.7. The van der Waals surface area contributed by atoms with Gasteiger partial charge in [-0.05, 0) is 12.0 Å². The molecular formula is C16H22O10. The number of carbonyl (C=O) groups is 1. The molecule has 1 saturated heterocycles. The molecule has 1 fully saturated rings. The van der Waals surface area contributed by atoms with Crippen LogP contribution < -0.4 is 0 Å². The summed E-state index contributed by atoms with van der Waals surface area (Å²) in [6.45, 7) is -0.917. The van der Waals surface area contributed by atoms with Crippen LogP contribution in [-0.4, -0.2) is 86.8 Å². The van der Waals surface area contributed by atoms with Crippen LogP contribution in [0.2, 0.25) is 0 Å². The summed E-state index contributed by atoms with van der Waals surface area (Å²) < 4.78 is 16.3. The number of hydrogen-bond donors (Lipinski definition) is 6. The van der Waals surface area contributed by atoms with Crippen LogP contribution in [0.5, 0.6) is 0 Å². The number of aliphatic hydroxyl groups is 5. The van der Waals surface area contributed by atoms with Crippen LogP contribution in [0.4, 0.5) is 0 Å². The summed E-state index contributed by atoms with van der Waals surface area (Å²) in [5, 5.41) is 57.8. The number of carboxylic acids is 1. The summed E-state index contributed by atoms with van der Waals surface area (Å²) in [7, 11) is 0. The fraction of sp³-hybridized carbons (Fsp3) is 0.688. The fourth-order valence-electron chi connectivity index (χ4n) is 3.62. The summed E-state index contributed by atoms with van der Waals surface area (Å²) in [5.74, 6) is -2.22. The Morgan fingerprint density at radius 1 is 1.15 bits per heavy atom. The Bertz CT molecular complexity index is 600. The molecule has 0 saturated carbocycles. The van der Waals surface area contributed by atoms with Crippen molar-refractivity contribution < 1.29 is 49.6 Å². The van der Waals surface area contributed by atoms with Crippen LogP contribution in [0.1, 0.15) is 6.42 Å². The van der Waals surface area contributed by atoms with Gasteiger partial charge in [-0.3, -0.25) is 0 Å². The maximum absolute atomic E-state index is 11.4. The molecule has 6 N–H and O–H groups in total. The monoisotopic (exact) mass is 374 g/mol. The molecule has 0 amide bonds. The molecule has 0 radical (unpaired) electrons. The highest BCUT2D eigenvalue weighted by Gasteiger charge is 2.49. The van der Waals surface area contributed by atoms with Crippen molar-refractivity contribution in [1.82, 2.24) is 0 Å². The number of fused-ring (bicyclic) bond motifs is 1. The SMILES string of the molecule is O=C(O)C1=CO[C@H](O[C@@H]2O[C@H](CO)[C@@H](O)[C@H](O)[C@H]2O)[C@@H]2C(CO)=CC[C@@H]12. The minimum absolute atomic E-state index is 0.0448. The Balaban J connectivity index is 1.80. The molecule has 0 unspecified atom stereocenters. The predicted octanol–water partition coefficient (Wildman–Crippen LogP) is -2.32. The van der Waals surface area contributed by atoms with Crippen LogP contribution in [0.15, 0.2) is 23.5 Å². The van der Waals surface area contributed by atoms with E-state index in [-0.39, 0.29) is 12.2 Å². The van der Waals surface area contributed by atoms with Crippen molar-refractivity contribution in [1.29, 1.82) is 0 Å². The number of ether oxygens (including phenoxy) is 3. The second-order valence-electron chi connectivity index (χ2n) is 6.52. The van der Waals surface area contributed by atoms with Crippen molar-refractivity contribution in [2.45, 2.75) is 43.4 Å². The molecule has 0 aromatic carbocycles. The second-order valence-corrected chi connectivity index (χ2v) is 6.52. The van der Waals surface area contributed by atoms with E-state index in [0.29, 0.717) is 12.0 Å². The summed E-state index contributed by atoms with van der Waals surface area (Å²) >= 11 is 0. The molecule has 2 aliphatic heterocycles. The average molecular weight is 374 g/mol.